The van der Waals surface area contributed by atoms with Gasteiger partial charge in [0, 0.05) is 6.54 Å². The molecule has 28 heavy (non-hydrogen) atoms. The van der Waals surface area contributed by atoms with Crippen LogP contribution in [0.2, 0.25) is 10.0 Å². The molecule has 0 atom stereocenters. The van der Waals surface area contributed by atoms with Gasteiger partial charge in [-0.15, -0.1) is 0 Å². The van der Waals surface area contributed by atoms with E-state index in [9.17, 15) is 4.79 Å². The van der Waals surface area contributed by atoms with Crippen molar-refractivity contribution in [2.45, 2.75) is 39.8 Å². The van der Waals surface area contributed by atoms with Crippen molar-refractivity contribution in [3.8, 4) is 0 Å². The average Bonchev–Trinajstić information content (AvgIpc) is 2.65. The molecule has 4 N–H and O–H groups in total. The van der Waals surface area contributed by atoms with E-state index in [1.165, 1.54) is 6.20 Å². The van der Waals surface area contributed by atoms with Gasteiger partial charge in [0.25, 0.3) is 5.91 Å². The zero-order chi connectivity index (χ0) is 20.7. The number of halogens is 2. The highest BCUT2D eigenvalue weighted by molar-refractivity contribution is 6.45. The van der Waals surface area contributed by atoms with Crippen LogP contribution in [0.4, 0.5) is 0 Å². The molecule has 152 valence electrons. The van der Waals surface area contributed by atoms with Crippen LogP contribution in [0.1, 0.15) is 32.8 Å². The number of benzene rings is 1. The van der Waals surface area contributed by atoms with Crippen LogP contribution in [0.5, 0.6) is 0 Å². The number of hydrogen-bond donors (Lipinski definition) is 3. The zero-order valence-corrected chi connectivity index (χ0v) is 17.8. The Hall–Kier alpha value is -2.02. The lowest BCUT2D eigenvalue weighted by Gasteiger charge is -2.23. The number of hydrogen-bond acceptors (Lipinski definition) is 5. The molecule has 1 aromatic carbocycles. The lowest BCUT2D eigenvalue weighted by atomic mass is 10.1. The minimum atomic E-state index is -0.310. The van der Waals surface area contributed by atoms with E-state index in [4.69, 9.17) is 33.7 Å². The van der Waals surface area contributed by atoms with Crippen molar-refractivity contribution in [2.75, 3.05) is 13.2 Å². The number of rotatable bonds is 8. The molecule has 1 aliphatic heterocycles. The average molecular weight is 425 g/mol. The third-order valence-electron chi connectivity index (χ3n) is 4.42. The second-order valence-corrected chi connectivity index (χ2v) is 7.40. The zero-order valence-electron chi connectivity index (χ0n) is 16.3. The van der Waals surface area contributed by atoms with E-state index in [1.54, 1.807) is 19.1 Å². The monoisotopic (exact) mass is 424 g/mol. The summed E-state index contributed by atoms with van der Waals surface area (Å²) in [6, 6.07) is 5.41. The van der Waals surface area contributed by atoms with Crippen molar-refractivity contribution in [3.05, 3.63) is 57.0 Å². The molecule has 1 fully saturated rings. The summed E-state index contributed by atoms with van der Waals surface area (Å²) in [6.45, 7) is 7.26. The van der Waals surface area contributed by atoms with Gasteiger partial charge in [-0.3, -0.25) is 9.79 Å². The smallest absolute Gasteiger partial charge is 0.275 e. The number of ether oxygens (including phenoxy) is 1. The number of nitrogens with one attached hydrogen (secondary N) is 2. The Morgan fingerprint density at radius 1 is 1.32 bits per heavy atom. The van der Waals surface area contributed by atoms with Crippen LogP contribution in [0, 0.1) is 0 Å². The molecule has 6 nitrogen and oxygen atoms in total. The molecule has 0 spiro atoms. The predicted octanol–water partition coefficient (Wildman–Crippen LogP) is 3.54. The Balaban J connectivity index is 2.15. The minimum absolute atomic E-state index is 0.0143. The molecule has 1 amide bonds. The summed E-state index contributed by atoms with van der Waals surface area (Å²) >= 11 is 12.0. The Morgan fingerprint density at radius 2 is 2.04 bits per heavy atom. The van der Waals surface area contributed by atoms with E-state index in [-0.39, 0.29) is 11.9 Å². The second kappa shape index (κ2) is 10.5. The van der Waals surface area contributed by atoms with Crippen LogP contribution in [-0.4, -0.2) is 30.9 Å². The van der Waals surface area contributed by atoms with Gasteiger partial charge in [-0.2, -0.15) is 0 Å². The topological polar surface area (TPSA) is 88.7 Å². The van der Waals surface area contributed by atoms with Crippen molar-refractivity contribution in [3.63, 3.8) is 0 Å². The number of carbonyl (C=O) groups is 1. The molecule has 1 saturated heterocycles. The summed E-state index contributed by atoms with van der Waals surface area (Å²) in [4.78, 5) is 17.3. The minimum Gasteiger partial charge on any atom is -0.404 e. The molecule has 2 rings (SSSR count). The molecule has 0 saturated carbocycles. The molecular formula is C20H26Cl2N4O2. The number of amides is 1. The first-order chi connectivity index (χ1) is 13.3. The van der Waals surface area contributed by atoms with Gasteiger partial charge in [-0.05, 0) is 55.3 Å². The number of allylic oxidation sites excluding steroid dienone is 1. The van der Waals surface area contributed by atoms with Crippen molar-refractivity contribution in [1.29, 1.82) is 0 Å². The Morgan fingerprint density at radius 3 is 2.57 bits per heavy atom. The Bertz CT molecular complexity index is 814. The number of carbonyl (C=O) groups excluding carboxylic acids is 1. The summed E-state index contributed by atoms with van der Waals surface area (Å²) in [5, 5.41) is 7.20. The predicted molar refractivity (Wildman–Crippen MR) is 114 cm³/mol. The molecule has 0 radical (unpaired) electrons. The Kier molecular flexibility index (Phi) is 8.35. The fraction of sp³-hybridized carbons (Fsp3) is 0.400. The molecule has 1 aromatic rings. The first-order valence-electron chi connectivity index (χ1n) is 9.09. The van der Waals surface area contributed by atoms with Crippen molar-refractivity contribution in [1.82, 2.24) is 10.6 Å². The van der Waals surface area contributed by atoms with Crippen LogP contribution in [0.25, 0.3) is 0 Å². The first-order valence-corrected chi connectivity index (χ1v) is 9.84. The normalized spacial score (nSPS) is 16.3. The maximum absolute atomic E-state index is 12.9. The molecule has 8 heteroatoms. The standard InChI is InChI=1S/C20H26Cl2N4O2/c1-4-12(2)19(24-9-14-5-6-16(21)17(22)7-14)26-20(27)18(13(3)8-23)25-15-10-28-11-15/h5-8,15,24H,4,9-11,23H2,1-3H3,(H,26,27)/b13-8-,19-12?,25-18?. The molecule has 0 aliphatic carbocycles. The molecule has 0 unspecified atom stereocenters. The van der Waals surface area contributed by atoms with Gasteiger partial charge in [0.05, 0.1) is 29.3 Å². The van der Waals surface area contributed by atoms with E-state index in [0.29, 0.717) is 46.9 Å². The molecule has 1 heterocycles. The number of nitrogens with zero attached hydrogens (tertiary/aromatic N) is 1. The molecule has 1 aliphatic rings. The first kappa shape index (κ1) is 22.3. The van der Waals surface area contributed by atoms with Gasteiger partial charge in [-0.25, -0.2) is 0 Å². The molecular weight excluding hydrogens is 399 g/mol. The van der Waals surface area contributed by atoms with E-state index in [1.807, 2.05) is 19.9 Å². The summed E-state index contributed by atoms with van der Waals surface area (Å²) in [5.74, 6) is 0.330. The van der Waals surface area contributed by atoms with Crippen molar-refractivity contribution in [2.24, 2.45) is 10.7 Å². The van der Waals surface area contributed by atoms with Gasteiger partial charge in [0.2, 0.25) is 0 Å². The highest BCUT2D eigenvalue weighted by Gasteiger charge is 2.22. The van der Waals surface area contributed by atoms with Crippen LogP contribution >= 0.6 is 23.2 Å². The van der Waals surface area contributed by atoms with Crippen LogP contribution in [-0.2, 0) is 16.1 Å². The number of aliphatic imine (C=N–C) groups is 1. The summed E-state index contributed by atoms with van der Waals surface area (Å²) in [5.41, 5.74) is 8.50. The summed E-state index contributed by atoms with van der Waals surface area (Å²) in [6.07, 6.45) is 2.16. The van der Waals surface area contributed by atoms with E-state index >= 15 is 0 Å². The maximum atomic E-state index is 12.9. The maximum Gasteiger partial charge on any atom is 0.275 e. The second-order valence-electron chi connectivity index (χ2n) is 6.58. The van der Waals surface area contributed by atoms with E-state index in [0.717, 1.165) is 17.6 Å². The fourth-order valence-corrected chi connectivity index (χ4v) is 2.71. The Labute approximate surface area is 175 Å². The summed E-state index contributed by atoms with van der Waals surface area (Å²) in [7, 11) is 0. The SMILES string of the molecule is CCC(C)=C(NCc1ccc(Cl)c(Cl)c1)NC(=O)C(=NC1COC1)/C(C)=C\N. The largest absolute Gasteiger partial charge is 0.404 e. The van der Waals surface area contributed by atoms with Crippen molar-refractivity contribution >= 4 is 34.8 Å². The van der Waals surface area contributed by atoms with Crippen molar-refractivity contribution < 1.29 is 9.53 Å². The van der Waals surface area contributed by atoms with E-state index < -0.39 is 0 Å². The van der Waals surface area contributed by atoms with Gasteiger partial charge in [0.15, 0.2) is 0 Å². The number of nitrogens with two attached hydrogens (primary N) is 1. The quantitative estimate of drug-likeness (QED) is 0.556. The van der Waals surface area contributed by atoms with E-state index in [2.05, 4.69) is 15.6 Å². The highest BCUT2D eigenvalue weighted by atomic mass is 35.5. The molecule has 0 bridgehead atoms. The van der Waals surface area contributed by atoms with Gasteiger partial charge >= 0.3 is 0 Å². The lowest BCUT2D eigenvalue weighted by Crippen LogP contribution is -2.40. The van der Waals surface area contributed by atoms with Gasteiger partial charge in [-0.1, -0.05) is 36.2 Å². The van der Waals surface area contributed by atoms with Gasteiger partial charge in [0.1, 0.15) is 11.5 Å². The fourth-order valence-electron chi connectivity index (χ4n) is 2.39. The molecule has 0 aromatic heterocycles. The van der Waals surface area contributed by atoms with Crippen LogP contribution < -0.4 is 16.4 Å². The highest BCUT2D eigenvalue weighted by Crippen LogP contribution is 2.22. The lowest BCUT2D eigenvalue weighted by molar-refractivity contribution is -0.114. The summed E-state index contributed by atoms with van der Waals surface area (Å²) < 4.78 is 5.14. The van der Waals surface area contributed by atoms with Crippen LogP contribution in [0.3, 0.4) is 0 Å². The van der Waals surface area contributed by atoms with Gasteiger partial charge < -0.3 is 21.1 Å². The van der Waals surface area contributed by atoms with Crippen LogP contribution in [0.15, 0.2) is 46.4 Å². The third-order valence-corrected chi connectivity index (χ3v) is 5.16. The third kappa shape index (κ3) is 5.99.